The summed E-state index contributed by atoms with van der Waals surface area (Å²) in [5, 5.41) is 22.4. The normalized spacial score (nSPS) is 42.1. The molecular formula is C31H43NO3. The molecule has 4 aliphatic rings. The van der Waals surface area contributed by atoms with Gasteiger partial charge in [-0.3, -0.25) is 0 Å². The van der Waals surface area contributed by atoms with E-state index in [4.69, 9.17) is 4.74 Å². The minimum Gasteiger partial charge on any atom is -0.389 e. The largest absolute Gasteiger partial charge is 0.389 e. The third-order valence-electron chi connectivity index (χ3n) is 10.6. The molecule has 0 bridgehead atoms. The molecule has 3 saturated carbocycles. The first-order chi connectivity index (χ1) is 16.6. The van der Waals surface area contributed by atoms with Crippen LogP contribution in [0.2, 0.25) is 0 Å². The highest BCUT2D eigenvalue weighted by molar-refractivity contribution is 5.47. The summed E-state index contributed by atoms with van der Waals surface area (Å²) in [6.07, 6.45) is 8.74. The van der Waals surface area contributed by atoms with Gasteiger partial charge in [-0.05, 0) is 91.7 Å². The number of fused-ring (bicyclic) bond motifs is 5. The van der Waals surface area contributed by atoms with Crippen LogP contribution in [0.5, 0.6) is 0 Å². The molecule has 4 nitrogen and oxygen atoms in total. The first-order valence-corrected chi connectivity index (χ1v) is 13.5. The molecule has 2 N–H and O–H groups in total. The Kier molecular flexibility index (Phi) is 6.36. The van der Waals surface area contributed by atoms with Gasteiger partial charge in [-0.25, -0.2) is 0 Å². The predicted octanol–water partition coefficient (Wildman–Crippen LogP) is 5.15. The number of nitrogens with zero attached hydrogens (tertiary/aromatic N) is 1. The summed E-state index contributed by atoms with van der Waals surface area (Å²) in [4.78, 5) is 2.15. The summed E-state index contributed by atoms with van der Waals surface area (Å²) < 4.78 is 5.19. The molecule has 0 saturated heterocycles. The van der Waals surface area contributed by atoms with Gasteiger partial charge in [0.15, 0.2) is 0 Å². The van der Waals surface area contributed by atoms with Crippen molar-refractivity contribution in [3.05, 3.63) is 41.5 Å². The highest BCUT2D eigenvalue weighted by Crippen LogP contribution is 2.70. The Morgan fingerprint density at radius 1 is 1.09 bits per heavy atom. The average molecular weight is 478 g/mol. The van der Waals surface area contributed by atoms with Crippen LogP contribution in [-0.4, -0.2) is 49.7 Å². The zero-order chi connectivity index (χ0) is 25.0. The predicted molar refractivity (Wildman–Crippen MR) is 141 cm³/mol. The molecule has 8 atom stereocenters. The maximum Gasteiger partial charge on any atom is 0.131 e. The zero-order valence-corrected chi connectivity index (χ0v) is 22.2. The van der Waals surface area contributed by atoms with Crippen LogP contribution >= 0.6 is 0 Å². The van der Waals surface area contributed by atoms with Crippen molar-refractivity contribution in [1.29, 1.82) is 0 Å². The molecule has 0 heterocycles. The lowest BCUT2D eigenvalue weighted by molar-refractivity contribution is -0.112. The van der Waals surface area contributed by atoms with E-state index in [1.54, 1.807) is 7.11 Å². The molecule has 0 amide bonds. The Morgan fingerprint density at radius 2 is 1.83 bits per heavy atom. The fourth-order valence-corrected chi connectivity index (χ4v) is 8.70. The number of ether oxygens (including phenoxy) is 1. The van der Waals surface area contributed by atoms with E-state index in [1.165, 1.54) is 16.8 Å². The summed E-state index contributed by atoms with van der Waals surface area (Å²) in [6.45, 7) is 5.16. The number of aliphatic hydroxyl groups excluding tert-OH is 1. The number of benzene rings is 1. The van der Waals surface area contributed by atoms with Crippen molar-refractivity contribution < 1.29 is 14.9 Å². The van der Waals surface area contributed by atoms with Crippen LogP contribution in [-0.2, 0) is 4.74 Å². The van der Waals surface area contributed by atoms with Crippen molar-refractivity contribution in [1.82, 2.24) is 0 Å². The van der Waals surface area contributed by atoms with Crippen LogP contribution in [0, 0.1) is 40.4 Å². The number of anilines is 1. The molecule has 35 heavy (non-hydrogen) atoms. The average Bonchev–Trinajstić information content (AvgIpc) is 3.09. The van der Waals surface area contributed by atoms with Gasteiger partial charge >= 0.3 is 0 Å². The Hall–Kier alpha value is -1.80. The third-order valence-corrected chi connectivity index (χ3v) is 10.6. The Bertz CT molecular complexity index is 1040. The zero-order valence-electron chi connectivity index (χ0n) is 22.2. The van der Waals surface area contributed by atoms with E-state index < -0.39 is 5.60 Å². The minimum absolute atomic E-state index is 0.108. The third kappa shape index (κ3) is 3.86. The number of hydrogen-bond acceptors (Lipinski definition) is 4. The van der Waals surface area contributed by atoms with Crippen molar-refractivity contribution in [2.75, 3.05) is 32.7 Å². The first kappa shape index (κ1) is 24.9. The highest BCUT2D eigenvalue weighted by atomic mass is 16.5. The van der Waals surface area contributed by atoms with Gasteiger partial charge in [0.25, 0.3) is 0 Å². The quantitative estimate of drug-likeness (QED) is 0.467. The summed E-state index contributed by atoms with van der Waals surface area (Å²) in [5.41, 5.74) is 2.97. The second-order valence-corrected chi connectivity index (χ2v) is 12.4. The van der Waals surface area contributed by atoms with Crippen LogP contribution < -0.4 is 4.90 Å². The minimum atomic E-state index is -0.969. The SMILES string of the molecule is COCC#C[C@]1(O)CC[C@H]2[C@@H]3CCC4=CC(O)CC[C@]4(C)C3[C@@H](c3ccc(N(C)C)cc3)C[C@@]21C. The van der Waals surface area contributed by atoms with Gasteiger partial charge in [-0.1, -0.05) is 49.5 Å². The molecule has 0 aliphatic heterocycles. The van der Waals surface area contributed by atoms with Crippen LogP contribution in [0.25, 0.3) is 0 Å². The topological polar surface area (TPSA) is 52.9 Å². The fraction of sp³-hybridized carbons (Fsp3) is 0.677. The molecule has 1 aromatic rings. The van der Waals surface area contributed by atoms with Gasteiger partial charge in [0.05, 0.1) is 6.10 Å². The second-order valence-electron chi connectivity index (χ2n) is 12.4. The summed E-state index contributed by atoms with van der Waals surface area (Å²) in [6, 6.07) is 9.13. The lowest BCUT2D eigenvalue weighted by Gasteiger charge is -2.62. The van der Waals surface area contributed by atoms with Gasteiger partial charge in [0, 0.05) is 32.3 Å². The van der Waals surface area contributed by atoms with E-state index in [1.807, 2.05) is 0 Å². The molecule has 4 aliphatic carbocycles. The lowest BCUT2D eigenvalue weighted by Crippen LogP contribution is -2.57. The van der Waals surface area contributed by atoms with Crippen molar-refractivity contribution >= 4 is 5.69 Å². The lowest BCUT2D eigenvalue weighted by atomic mass is 9.43. The maximum absolute atomic E-state index is 12.0. The number of hydrogen-bond donors (Lipinski definition) is 2. The van der Waals surface area contributed by atoms with Gasteiger partial charge < -0.3 is 19.8 Å². The van der Waals surface area contributed by atoms with Gasteiger partial charge in [0.2, 0.25) is 0 Å². The maximum atomic E-state index is 12.0. The van der Waals surface area contributed by atoms with Crippen molar-refractivity contribution in [3.8, 4) is 11.8 Å². The number of allylic oxidation sites excluding steroid dienone is 1. The smallest absolute Gasteiger partial charge is 0.131 e. The van der Waals surface area contributed by atoms with Crippen LogP contribution in [0.1, 0.15) is 70.3 Å². The molecule has 190 valence electrons. The Morgan fingerprint density at radius 3 is 2.51 bits per heavy atom. The van der Waals surface area contributed by atoms with Gasteiger partial charge in [-0.15, -0.1) is 0 Å². The summed E-state index contributed by atoms with van der Waals surface area (Å²) in [5.74, 6) is 8.31. The van der Waals surface area contributed by atoms with Crippen LogP contribution in [0.3, 0.4) is 0 Å². The second kappa shape index (κ2) is 8.94. The number of methoxy groups -OCH3 is 1. The van der Waals surface area contributed by atoms with Crippen LogP contribution in [0.15, 0.2) is 35.9 Å². The van der Waals surface area contributed by atoms with Gasteiger partial charge in [-0.2, -0.15) is 0 Å². The van der Waals surface area contributed by atoms with E-state index in [0.29, 0.717) is 30.3 Å². The molecule has 2 unspecified atom stereocenters. The van der Waals surface area contributed by atoms with Gasteiger partial charge in [0.1, 0.15) is 12.2 Å². The molecule has 0 aromatic heterocycles. The molecule has 0 spiro atoms. The molecule has 3 fully saturated rings. The molecule has 1 aromatic carbocycles. The monoisotopic (exact) mass is 477 g/mol. The number of rotatable bonds is 3. The van der Waals surface area contributed by atoms with Crippen molar-refractivity contribution in [3.63, 3.8) is 0 Å². The van der Waals surface area contributed by atoms with Crippen molar-refractivity contribution in [2.45, 2.75) is 76.4 Å². The van der Waals surface area contributed by atoms with Crippen LogP contribution in [0.4, 0.5) is 5.69 Å². The molecular weight excluding hydrogens is 434 g/mol. The van der Waals surface area contributed by atoms with E-state index in [0.717, 1.165) is 44.9 Å². The summed E-state index contributed by atoms with van der Waals surface area (Å²) in [7, 11) is 5.83. The van der Waals surface area contributed by atoms with E-state index in [9.17, 15) is 10.2 Å². The molecule has 0 radical (unpaired) electrons. The first-order valence-electron chi connectivity index (χ1n) is 13.5. The Balaban J connectivity index is 1.61. The summed E-state index contributed by atoms with van der Waals surface area (Å²) >= 11 is 0. The molecule has 4 heteroatoms. The number of aliphatic hydroxyl groups is 2. The Labute approximate surface area is 211 Å². The fourth-order valence-electron chi connectivity index (χ4n) is 8.70. The van der Waals surface area contributed by atoms with E-state index in [2.05, 4.69) is 75.0 Å². The van der Waals surface area contributed by atoms with Crippen molar-refractivity contribution in [2.24, 2.45) is 28.6 Å². The standard InChI is InChI=1S/C31H43NO3/c1-29-16-13-24(33)19-22(29)9-12-25-27-14-17-31(34,15-6-18-35-5)30(27,2)20-26(28(25)29)21-7-10-23(11-8-21)32(3)4/h7-8,10-11,19,24-28,33-34H,9,12-14,16-18,20H2,1-5H3/t24?,25-,26+,27-,28?,29-,30-,31-/m0/s1. The van der Waals surface area contributed by atoms with E-state index in [-0.39, 0.29) is 16.9 Å². The molecule has 5 rings (SSSR count). The van der Waals surface area contributed by atoms with E-state index >= 15 is 0 Å². The highest BCUT2D eigenvalue weighted by Gasteiger charge is 2.66.